The minimum Gasteiger partial charge on any atom is -0.399 e. The highest BCUT2D eigenvalue weighted by Crippen LogP contribution is 2.19. The lowest BCUT2D eigenvalue weighted by atomic mass is 10.1. The molecule has 0 atom stereocenters. The minimum atomic E-state index is -0.824. The number of hydrogen-bond donors (Lipinski definition) is 3. The number of furan rings is 2. The smallest absolute Gasteiger partial charge is 0.346 e. The number of nitrogens with two attached hydrogens (primary N) is 3. The van der Waals surface area contributed by atoms with E-state index in [0.717, 1.165) is 23.5 Å². The van der Waals surface area contributed by atoms with E-state index in [9.17, 15) is 38.4 Å². The molecular weight excluding hydrogens is 863 g/mol. The van der Waals surface area contributed by atoms with Crippen molar-refractivity contribution in [2.75, 3.05) is 32.7 Å². The molecule has 0 fully saturated rings. The Morgan fingerprint density at radius 2 is 0.522 bits per heavy atom. The first-order valence-corrected chi connectivity index (χ1v) is 20.4. The van der Waals surface area contributed by atoms with Crippen LogP contribution in [0.2, 0.25) is 0 Å². The Labute approximate surface area is 385 Å². The number of cyclic esters (lactones) is 4. The Kier molecular flexibility index (Phi) is 26.3. The molecule has 4 heterocycles. The normalized spacial score (nSPS) is 10.6. The highest BCUT2D eigenvalue weighted by Gasteiger charge is 2.29. The number of nitrogen functional groups attached to an aromatic ring is 2. The van der Waals surface area contributed by atoms with Crippen LogP contribution in [0.4, 0.5) is 11.4 Å². The summed E-state index contributed by atoms with van der Waals surface area (Å²) in [5.74, 6) is -2.20. The fraction of sp³-hybridized carbons (Fsp3) is 0.137. The number of esters is 4. The first kappa shape index (κ1) is 56.4. The van der Waals surface area contributed by atoms with Gasteiger partial charge < -0.3 is 40.2 Å². The van der Waals surface area contributed by atoms with Gasteiger partial charge in [-0.15, -0.1) is 0 Å². The Morgan fingerprint density at radius 1 is 0.343 bits per heavy atom. The van der Waals surface area contributed by atoms with Crippen molar-refractivity contribution < 1.29 is 42.2 Å². The third kappa shape index (κ3) is 17.8. The van der Waals surface area contributed by atoms with E-state index in [1.807, 2.05) is 100 Å². The number of hydrogen-bond acceptors (Lipinski definition) is 16. The molecule has 0 aliphatic carbocycles. The van der Waals surface area contributed by atoms with E-state index in [4.69, 9.17) is 11.5 Å². The van der Waals surface area contributed by atoms with E-state index in [0.29, 0.717) is 22.3 Å². The summed E-state index contributed by atoms with van der Waals surface area (Å²) in [7, 11) is 4.75. The van der Waals surface area contributed by atoms with Gasteiger partial charge in [0.25, 0.3) is 0 Å². The number of ether oxygens (including phenoxy) is 3. The van der Waals surface area contributed by atoms with Crippen LogP contribution in [0.15, 0.2) is 186 Å². The number of rotatable bonds is 0. The monoisotopic (exact) mass is 915 g/mol. The summed E-state index contributed by atoms with van der Waals surface area (Å²) in [5.41, 5.74) is 14.9. The second kappa shape index (κ2) is 31.3. The number of carbonyl (C=O) groups is 4. The quantitative estimate of drug-likeness (QED) is 0.0750. The zero-order valence-electron chi connectivity index (χ0n) is 38.1. The topological polar surface area (TPSA) is 269 Å². The van der Waals surface area contributed by atoms with Gasteiger partial charge in [-0.1, -0.05) is 125 Å². The van der Waals surface area contributed by atoms with Gasteiger partial charge in [0.2, 0.25) is 0 Å². The van der Waals surface area contributed by atoms with Crippen molar-refractivity contribution in [3.63, 3.8) is 0 Å². The standard InChI is InChI=1S/C10H2O6.2C8H4O3.C6H8N2.2C6H6.C2H6O.2C2H6.CH5N/c11-7-3-1-4-6(10(14)16-8(4)12)2-5(3)9(13)15-7;2*9-7-5-3-1-2-4-6(5)8(10)11-7;7-5-1-2-6(8)4-3-5;2*1-2-4-6-5-3-1;1-3-2;3*1-2/h1-2H;2*1-4H;1-4H,7-8H2;2*1-6H;1-2H3;2*1-2H3;2H2,1H3. The molecule has 2 aliphatic rings. The lowest BCUT2D eigenvalue weighted by molar-refractivity contribution is 0.0425. The summed E-state index contributed by atoms with van der Waals surface area (Å²) in [5, 5.41) is -0.0726. The van der Waals surface area contributed by atoms with Crippen LogP contribution in [-0.2, 0) is 14.2 Å². The van der Waals surface area contributed by atoms with Crippen LogP contribution in [0.3, 0.4) is 0 Å². The second-order valence-electron chi connectivity index (χ2n) is 12.1. The highest BCUT2D eigenvalue weighted by molar-refractivity contribution is 6.15. The molecule has 6 aromatic carbocycles. The van der Waals surface area contributed by atoms with Gasteiger partial charge in [-0.25, -0.2) is 38.4 Å². The summed E-state index contributed by atoms with van der Waals surface area (Å²) in [6.07, 6.45) is 0. The van der Waals surface area contributed by atoms with Crippen LogP contribution >= 0.6 is 0 Å². The molecule has 2 aromatic heterocycles. The summed E-state index contributed by atoms with van der Waals surface area (Å²) >= 11 is 0. The predicted octanol–water partition coefficient (Wildman–Crippen LogP) is 7.60. The average Bonchev–Trinajstić information content (AvgIpc) is 4.04. The van der Waals surface area contributed by atoms with E-state index < -0.39 is 46.4 Å². The molecule has 16 heteroatoms. The van der Waals surface area contributed by atoms with Gasteiger partial charge in [0.1, 0.15) is 0 Å². The maximum atomic E-state index is 11.2. The Bertz CT molecular complexity index is 2550. The van der Waals surface area contributed by atoms with Gasteiger partial charge >= 0.3 is 46.4 Å². The zero-order chi connectivity index (χ0) is 50.3. The fourth-order valence-corrected chi connectivity index (χ4v) is 5.00. The first-order valence-electron chi connectivity index (χ1n) is 20.4. The minimum absolute atomic E-state index is 0.0181. The molecule has 0 unspecified atom stereocenters. The molecule has 0 saturated heterocycles. The summed E-state index contributed by atoms with van der Waals surface area (Å²) in [4.78, 5) is 88.1. The molecule has 0 radical (unpaired) electrons. The molecule has 67 heavy (non-hydrogen) atoms. The lowest BCUT2D eigenvalue weighted by Gasteiger charge is -1.90. The molecular formula is C51H53N3O13. The number of fused-ring (bicyclic) bond motifs is 4. The van der Waals surface area contributed by atoms with Crippen molar-refractivity contribution in [3.05, 3.63) is 222 Å². The molecule has 6 N–H and O–H groups in total. The fourth-order valence-electron chi connectivity index (χ4n) is 5.00. The van der Waals surface area contributed by atoms with Gasteiger partial charge in [-0.05, 0) is 67.7 Å². The summed E-state index contributed by atoms with van der Waals surface area (Å²) < 4.78 is 21.6. The van der Waals surface area contributed by atoms with Crippen molar-refractivity contribution in [1.82, 2.24) is 0 Å². The zero-order valence-corrected chi connectivity index (χ0v) is 38.1. The Balaban J connectivity index is 0.000000399. The highest BCUT2D eigenvalue weighted by atomic mass is 16.6. The molecule has 0 bridgehead atoms. The third-order valence-corrected chi connectivity index (χ3v) is 7.78. The number of anilines is 2. The lowest BCUT2D eigenvalue weighted by Crippen LogP contribution is -1.96. The molecule has 0 saturated carbocycles. The molecule has 0 spiro atoms. The van der Waals surface area contributed by atoms with Crippen LogP contribution < -0.4 is 39.7 Å². The predicted molar refractivity (Wildman–Crippen MR) is 260 cm³/mol. The van der Waals surface area contributed by atoms with Crippen LogP contribution in [0, 0.1) is 0 Å². The third-order valence-electron chi connectivity index (χ3n) is 7.78. The van der Waals surface area contributed by atoms with Gasteiger partial charge in [-0.2, -0.15) is 0 Å². The van der Waals surface area contributed by atoms with Crippen LogP contribution in [0.5, 0.6) is 0 Å². The Hall–Kier alpha value is -8.60. The maximum absolute atomic E-state index is 11.2. The Morgan fingerprint density at radius 3 is 0.701 bits per heavy atom. The van der Waals surface area contributed by atoms with Crippen molar-refractivity contribution >= 4 is 56.8 Å². The van der Waals surface area contributed by atoms with Gasteiger partial charge in [0.05, 0.1) is 43.8 Å². The number of carbonyl (C=O) groups excluding carboxylic acids is 4. The van der Waals surface area contributed by atoms with E-state index in [1.54, 1.807) is 87.0 Å². The molecule has 0 amide bonds. The SMILES string of the molecule is CC.CC.CN.COC.Nc1ccc(N)cc1.O=C1OC(=O)c2ccccc21.O=C1OC(=O)c2ccccc21.O=c1oc(=O)c2cc3c(=O)oc(=O)c3cc12.c1ccccc1.c1ccccc1. The van der Waals surface area contributed by atoms with E-state index in [1.165, 1.54) is 7.05 Å². The van der Waals surface area contributed by atoms with E-state index in [2.05, 4.69) is 28.8 Å². The average molecular weight is 916 g/mol. The van der Waals surface area contributed by atoms with E-state index in [-0.39, 0.29) is 21.5 Å². The maximum Gasteiger partial charge on any atom is 0.346 e. The van der Waals surface area contributed by atoms with Crippen molar-refractivity contribution in [3.8, 4) is 0 Å². The van der Waals surface area contributed by atoms with Crippen molar-refractivity contribution in [2.45, 2.75) is 27.7 Å². The molecule has 350 valence electrons. The summed E-state index contributed by atoms with van der Waals surface area (Å²) in [6, 6.07) is 46.4. The largest absolute Gasteiger partial charge is 0.399 e. The van der Waals surface area contributed by atoms with Gasteiger partial charge in [0.15, 0.2) is 0 Å². The molecule has 10 rings (SSSR count). The number of benzene rings is 6. The molecule has 16 nitrogen and oxygen atoms in total. The number of methoxy groups -OCH3 is 1. The molecule has 8 aromatic rings. The summed E-state index contributed by atoms with van der Waals surface area (Å²) in [6.45, 7) is 8.00. The van der Waals surface area contributed by atoms with Crippen molar-refractivity contribution in [1.29, 1.82) is 0 Å². The van der Waals surface area contributed by atoms with Crippen molar-refractivity contribution in [2.24, 2.45) is 5.73 Å². The van der Waals surface area contributed by atoms with Gasteiger partial charge in [0, 0.05) is 25.6 Å². The van der Waals surface area contributed by atoms with Crippen LogP contribution in [-0.4, -0.2) is 45.1 Å². The second-order valence-corrected chi connectivity index (χ2v) is 12.1. The first-order chi connectivity index (χ1) is 32.4. The molecule has 2 aliphatic heterocycles. The van der Waals surface area contributed by atoms with Crippen LogP contribution in [0.25, 0.3) is 21.5 Å². The van der Waals surface area contributed by atoms with Crippen LogP contribution in [0.1, 0.15) is 69.1 Å². The van der Waals surface area contributed by atoms with E-state index >= 15 is 0 Å². The van der Waals surface area contributed by atoms with Gasteiger partial charge in [-0.3, -0.25) is 0 Å².